The van der Waals surface area contributed by atoms with Crippen LogP contribution in [-0.2, 0) is 0 Å². The van der Waals surface area contributed by atoms with Crippen LogP contribution in [0.3, 0.4) is 0 Å². The van der Waals surface area contributed by atoms with Crippen LogP contribution in [0.15, 0.2) is 42.5 Å². The summed E-state index contributed by atoms with van der Waals surface area (Å²) in [7, 11) is 3.67. The molecule has 0 bridgehead atoms. The van der Waals surface area contributed by atoms with Crippen LogP contribution in [0.2, 0.25) is 0 Å². The number of hydrogen-bond acceptors (Lipinski definition) is 3. The SMILES string of the molecule is CNc1cccc(N(C)c2cccc(F)c2)n1. The highest BCUT2D eigenvalue weighted by Crippen LogP contribution is 2.23. The Labute approximate surface area is 99.9 Å². The monoisotopic (exact) mass is 231 g/mol. The van der Waals surface area contributed by atoms with Gasteiger partial charge in [-0.25, -0.2) is 9.37 Å². The zero-order valence-corrected chi connectivity index (χ0v) is 9.81. The highest BCUT2D eigenvalue weighted by atomic mass is 19.1. The highest BCUT2D eigenvalue weighted by Gasteiger charge is 2.06. The molecule has 1 N–H and O–H groups in total. The number of nitrogens with one attached hydrogen (secondary N) is 1. The van der Waals surface area contributed by atoms with Crippen LogP contribution in [0.1, 0.15) is 0 Å². The number of aromatic nitrogens is 1. The summed E-state index contributed by atoms with van der Waals surface area (Å²) in [4.78, 5) is 6.23. The van der Waals surface area contributed by atoms with Gasteiger partial charge in [0.05, 0.1) is 0 Å². The first-order chi connectivity index (χ1) is 8.20. The van der Waals surface area contributed by atoms with Crippen LogP contribution in [-0.4, -0.2) is 19.1 Å². The fourth-order valence-electron chi connectivity index (χ4n) is 1.57. The molecule has 3 nitrogen and oxygen atoms in total. The van der Waals surface area contributed by atoms with Gasteiger partial charge in [0.1, 0.15) is 17.5 Å². The molecule has 4 heteroatoms. The van der Waals surface area contributed by atoms with Gasteiger partial charge in [0.15, 0.2) is 0 Å². The number of rotatable bonds is 3. The van der Waals surface area contributed by atoms with Crippen LogP contribution in [0.4, 0.5) is 21.7 Å². The van der Waals surface area contributed by atoms with Crippen molar-refractivity contribution in [1.29, 1.82) is 0 Å². The maximum Gasteiger partial charge on any atom is 0.135 e. The fourth-order valence-corrected chi connectivity index (χ4v) is 1.57. The second-order valence-corrected chi connectivity index (χ2v) is 3.67. The van der Waals surface area contributed by atoms with E-state index in [4.69, 9.17) is 0 Å². The van der Waals surface area contributed by atoms with E-state index >= 15 is 0 Å². The predicted octanol–water partition coefficient (Wildman–Crippen LogP) is 3.03. The molecule has 0 aliphatic rings. The summed E-state index contributed by atoms with van der Waals surface area (Å²) in [6.07, 6.45) is 0. The van der Waals surface area contributed by atoms with Crippen molar-refractivity contribution >= 4 is 17.3 Å². The Balaban J connectivity index is 2.33. The molecule has 17 heavy (non-hydrogen) atoms. The summed E-state index contributed by atoms with van der Waals surface area (Å²) in [5.41, 5.74) is 0.769. The van der Waals surface area contributed by atoms with Crippen molar-refractivity contribution in [2.75, 3.05) is 24.3 Å². The number of hydrogen-bond donors (Lipinski definition) is 1. The van der Waals surface area contributed by atoms with Crippen molar-refractivity contribution in [2.24, 2.45) is 0 Å². The van der Waals surface area contributed by atoms with Crippen molar-refractivity contribution < 1.29 is 4.39 Å². The summed E-state index contributed by atoms with van der Waals surface area (Å²) in [6, 6.07) is 12.1. The molecule has 1 aromatic heterocycles. The third kappa shape index (κ3) is 2.53. The molecule has 2 rings (SSSR count). The van der Waals surface area contributed by atoms with Crippen molar-refractivity contribution in [2.45, 2.75) is 0 Å². The van der Waals surface area contributed by atoms with Gasteiger partial charge >= 0.3 is 0 Å². The molecule has 0 saturated heterocycles. The second-order valence-electron chi connectivity index (χ2n) is 3.67. The first kappa shape index (κ1) is 11.4. The van der Waals surface area contributed by atoms with E-state index in [-0.39, 0.29) is 5.82 Å². The summed E-state index contributed by atoms with van der Waals surface area (Å²) in [5, 5.41) is 2.97. The lowest BCUT2D eigenvalue weighted by molar-refractivity contribution is 0.628. The van der Waals surface area contributed by atoms with Crippen LogP contribution >= 0.6 is 0 Å². The average molecular weight is 231 g/mol. The Morgan fingerprint density at radius 1 is 1.18 bits per heavy atom. The van der Waals surface area contributed by atoms with Gasteiger partial charge in [-0.3, -0.25) is 0 Å². The van der Waals surface area contributed by atoms with Crippen LogP contribution in [0, 0.1) is 5.82 Å². The van der Waals surface area contributed by atoms with Crippen molar-refractivity contribution in [3.63, 3.8) is 0 Å². The predicted molar refractivity (Wildman–Crippen MR) is 68.2 cm³/mol. The molecule has 1 heterocycles. The Morgan fingerprint density at radius 2 is 1.94 bits per heavy atom. The zero-order valence-electron chi connectivity index (χ0n) is 9.81. The molecule has 1 aromatic carbocycles. The summed E-state index contributed by atoms with van der Waals surface area (Å²) >= 11 is 0. The molecular weight excluding hydrogens is 217 g/mol. The summed E-state index contributed by atoms with van der Waals surface area (Å²) in [5.74, 6) is 1.30. The van der Waals surface area contributed by atoms with E-state index in [2.05, 4.69) is 10.3 Å². The smallest absolute Gasteiger partial charge is 0.135 e. The van der Waals surface area contributed by atoms with Gasteiger partial charge in [0, 0.05) is 19.8 Å². The summed E-state index contributed by atoms with van der Waals surface area (Å²) in [6.45, 7) is 0. The molecule has 2 aromatic rings. The fraction of sp³-hybridized carbons (Fsp3) is 0.154. The Bertz CT molecular complexity index is 514. The molecule has 0 aliphatic heterocycles. The number of nitrogens with zero attached hydrogens (tertiary/aromatic N) is 2. The van der Waals surface area contributed by atoms with E-state index in [9.17, 15) is 4.39 Å². The van der Waals surface area contributed by atoms with Gasteiger partial charge < -0.3 is 10.2 Å². The minimum Gasteiger partial charge on any atom is -0.373 e. The number of anilines is 3. The molecule has 0 amide bonds. The highest BCUT2D eigenvalue weighted by molar-refractivity contribution is 5.60. The third-order valence-electron chi connectivity index (χ3n) is 2.53. The molecule has 88 valence electrons. The van der Waals surface area contributed by atoms with E-state index < -0.39 is 0 Å². The minimum absolute atomic E-state index is 0.251. The van der Waals surface area contributed by atoms with Crippen molar-refractivity contribution in [3.8, 4) is 0 Å². The van der Waals surface area contributed by atoms with Gasteiger partial charge in [-0.05, 0) is 30.3 Å². The lowest BCUT2D eigenvalue weighted by atomic mass is 10.3. The molecule has 0 atom stereocenters. The van der Waals surface area contributed by atoms with Crippen molar-refractivity contribution in [3.05, 3.63) is 48.3 Å². The molecule has 0 saturated carbocycles. The summed E-state index contributed by atoms with van der Waals surface area (Å²) < 4.78 is 13.1. The number of benzene rings is 1. The normalized spacial score (nSPS) is 10.1. The van der Waals surface area contributed by atoms with Crippen LogP contribution < -0.4 is 10.2 Å². The van der Waals surface area contributed by atoms with Crippen LogP contribution in [0.5, 0.6) is 0 Å². The molecular formula is C13H14FN3. The van der Waals surface area contributed by atoms with E-state index in [1.54, 1.807) is 6.07 Å². The van der Waals surface area contributed by atoms with Crippen molar-refractivity contribution in [1.82, 2.24) is 4.98 Å². The maximum absolute atomic E-state index is 13.1. The molecule has 0 unspecified atom stereocenters. The average Bonchev–Trinajstić information content (AvgIpc) is 2.38. The Kier molecular flexibility index (Phi) is 3.23. The standard InChI is InChI=1S/C13H14FN3/c1-15-12-7-4-8-13(16-12)17(2)11-6-3-5-10(14)9-11/h3-9H,1-2H3,(H,15,16). The van der Waals surface area contributed by atoms with E-state index in [0.717, 1.165) is 17.3 Å². The molecule has 0 radical (unpaired) electrons. The third-order valence-corrected chi connectivity index (χ3v) is 2.53. The molecule has 0 spiro atoms. The first-order valence-electron chi connectivity index (χ1n) is 5.35. The van der Waals surface area contributed by atoms with Gasteiger partial charge in [0.25, 0.3) is 0 Å². The lowest BCUT2D eigenvalue weighted by Crippen LogP contribution is -2.11. The van der Waals surface area contributed by atoms with Gasteiger partial charge in [-0.1, -0.05) is 12.1 Å². The van der Waals surface area contributed by atoms with Gasteiger partial charge in [0.2, 0.25) is 0 Å². The van der Waals surface area contributed by atoms with E-state index in [1.165, 1.54) is 12.1 Å². The van der Waals surface area contributed by atoms with Crippen LogP contribution in [0.25, 0.3) is 0 Å². The quantitative estimate of drug-likeness (QED) is 0.880. The Hall–Kier alpha value is -2.10. The number of halogens is 1. The maximum atomic E-state index is 13.1. The topological polar surface area (TPSA) is 28.2 Å². The Morgan fingerprint density at radius 3 is 2.65 bits per heavy atom. The molecule has 0 aliphatic carbocycles. The second kappa shape index (κ2) is 4.82. The van der Waals surface area contributed by atoms with E-state index in [1.807, 2.05) is 43.3 Å². The van der Waals surface area contributed by atoms with Gasteiger partial charge in [-0.2, -0.15) is 0 Å². The first-order valence-corrected chi connectivity index (χ1v) is 5.35. The zero-order chi connectivity index (χ0) is 12.3. The molecule has 0 fully saturated rings. The lowest BCUT2D eigenvalue weighted by Gasteiger charge is -2.18. The largest absolute Gasteiger partial charge is 0.373 e. The van der Waals surface area contributed by atoms with E-state index in [0.29, 0.717) is 0 Å². The van der Waals surface area contributed by atoms with Gasteiger partial charge in [-0.15, -0.1) is 0 Å². The number of pyridine rings is 1. The minimum atomic E-state index is -0.251.